The molecule has 130 valence electrons. The smallest absolute Gasteiger partial charge is 0.0833 e. The Morgan fingerprint density at radius 2 is 1.26 bits per heavy atom. The highest BCUT2D eigenvalue weighted by Gasteiger charge is 2.28. The first-order valence-corrected chi connectivity index (χ1v) is 10.3. The lowest BCUT2D eigenvalue weighted by Gasteiger charge is -2.25. The van der Waals surface area contributed by atoms with Crippen molar-refractivity contribution in [3.63, 3.8) is 0 Å². The highest BCUT2D eigenvalue weighted by molar-refractivity contribution is 7.85. The molecule has 0 saturated carbocycles. The molecule has 0 spiro atoms. The lowest BCUT2D eigenvalue weighted by Crippen LogP contribution is -2.13. The number of benzene rings is 4. The molecule has 2 atom stereocenters. The van der Waals surface area contributed by atoms with Gasteiger partial charge in [-0.25, -0.2) is 0 Å². The first kappa shape index (κ1) is 16.2. The van der Waals surface area contributed by atoms with Crippen LogP contribution in [0.5, 0.6) is 0 Å². The van der Waals surface area contributed by atoms with Gasteiger partial charge in [-0.15, -0.1) is 0 Å². The average Bonchev–Trinajstić information content (AvgIpc) is 2.74. The van der Waals surface area contributed by atoms with Gasteiger partial charge in [-0.1, -0.05) is 91.0 Å². The van der Waals surface area contributed by atoms with E-state index >= 15 is 0 Å². The Bertz CT molecular complexity index is 1180. The molecule has 0 fully saturated rings. The van der Waals surface area contributed by atoms with Gasteiger partial charge in [-0.3, -0.25) is 4.21 Å². The molecule has 27 heavy (non-hydrogen) atoms. The van der Waals surface area contributed by atoms with Crippen molar-refractivity contribution in [3.8, 4) is 0 Å². The van der Waals surface area contributed by atoms with Crippen LogP contribution in [0.25, 0.3) is 16.3 Å². The van der Waals surface area contributed by atoms with Crippen LogP contribution in [0.1, 0.15) is 21.9 Å². The fraction of sp³-hybridized carbons (Fsp3) is 0.0400. The Labute approximate surface area is 161 Å². The molecular formula is C25H18OS. The zero-order valence-electron chi connectivity index (χ0n) is 14.7. The summed E-state index contributed by atoms with van der Waals surface area (Å²) in [5, 5.41) is 2.16. The van der Waals surface area contributed by atoms with Crippen molar-refractivity contribution >= 4 is 27.1 Å². The van der Waals surface area contributed by atoms with Crippen molar-refractivity contribution in [3.05, 3.63) is 120 Å². The van der Waals surface area contributed by atoms with E-state index in [2.05, 4.69) is 66.7 Å². The molecule has 0 saturated heterocycles. The van der Waals surface area contributed by atoms with Crippen LogP contribution in [0.15, 0.2) is 108 Å². The van der Waals surface area contributed by atoms with E-state index in [1.807, 2.05) is 36.4 Å². The molecule has 5 rings (SSSR count). The van der Waals surface area contributed by atoms with Crippen LogP contribution in [0.3, 0.4) is 0 Å². The molecule has 1 heterocycles. The van der Waals surface area contributed by atoms with Gasteiger partial charge in [0.1, 0.15) is 0 Å². The fourth-order valence-corrected chi connectivity index (χ4v) is 5.33. The van der Waals surface area contributed by atoms with Crippen molar-refractivity contribution in [2.45, 2.75) is 10.1 Å². The van der Waals surface area contributed by atoms with E-state index in [0.717, 1.165) is 32.5 Å². The lowest BCUT2D eigenvalue weighted by atomic mass is 9.93. The van der Waals surface area contributed by atoms with Crippen LogP contribution >= 0.6 is 0 Å². The second-order valence-electron chi connectivity index (χ2n) is 6.77. The summed E-state index contributed by atoms with van der Waals surface area (Å²) in [5.74, 6) is 0. The second kappa shape index (κ2) is 6.64. The predicted octanol–water partition coefficient (Wildman–Crippen LogP) is 6.13. The fourth-order valence-electron chi connectivity index (χ4n) is 3.77. The molecule has 1 aliphatic rings. The van der Waals surface area contributed by atoms with Crippen LogP contribution < -0.4 is 0 Å². The molecule has 0 N–H and O–H groups in total. The minimum Gasteiger partial charge on any atom is -0.253 e. The molecule has 0 aromatic heterocycles. The molecule has 0 amide bonds. The van der Waals surface area contributed by atoms with E-state index < -0.39 is 10.8 Å². The SMILES string of the molecule is O=S1c2cc3ccccc3cc2C(c2ccccc2)=CC1c1ccccc1. The quantitative estimate of drug-likeness (QED) is 0.417. The second-order valence-corrected chi connectivity index (χ2v) is 8.31. The molecule has 0 radical (unpaired) electrons. The Morgan fingerprint density at radius 3 is 1.96 bits per heavy atom. The Morgan fingerprint density at radius 1 is 0.667 bits per heavy atom. The summed E-state index contributed by atoms with van der Waals surface area (Å²) in [7, 11) is -1.13. The van der Waals surface area contributed by atoms with Gasteiger partial charge in [-0.2, -0.15) is 0 Å². The van der Waals surface area contributed by atoms with Crippen molar-refractivity contribution in [2.24, 2.45) is 0 Å². The van der Waals surface area contributed by atoms with E-state index in [-0.39, 0.29) is 5.25 Å². The van der Waals surface area contributed by atoms with Crippen LogP contribution in [0, 0.1) is 0 Å². The predicted molar refractivity (Wildman–Crippen MR) is 113 cm³/mol. The van der Waals surface area contributed by atoms with Gasteiger partial charge < -0.3 is 0 Å². The molecule has 2 unspecified atom stereocenters. The van der Waals surface area contributed by atoms with E-state index in [4.69, 9.17) is 0 Å². The molecule has 1 aliphatic heterocycles. The van der Waals surface area contributed by atoms with Crippen molar-refractivity contribution in [1.82, 2.24) is 0 Å². The molecule has 4 aromatic rings. The summed E-state index contributed by atoms with van der Waals surface area (Å²) in [4.78, 5) is 0.920. The molecule has 0 aliphatic carbocycles. The van der Waals surface area contributed by atoms with Crippen LogP contribution in [0.2, 0.25) is 0 Å². The average molecular weight is 366 g/mol. The number of rotatable bonds is 2. The lowest BCUT2D eigenvalue weighted by molar-refractivity contribution is 0.678. The molecule has 2 heteroatoms. The van der Waals surface area contributed by atoms with Gasteiger partial charge in [0.25, 0.3) is 0 Å². The maximum atomic E-state index is 13.5. The van der Waals surface area contributed by atoms with Gasteiger partial charge in [0.05, 0.1) is 16.0 Å². The third-order valence-electron chi connectivity index (χ3n) is 5.12. The third kappa shape index (κ3) is 2.83. The van der Waals surface area contributed by atoms with Crippen molar-refractivity contribution < 1.29 is 4.21 Å². The van der Waals surface area contributed by atoms with Gasteiger partial charge in [0, 0.05) is 4.90 Å². The standard InChI is InChI=1S/C25H18OS/c26-27-24(19-11-5-2-6-12-19)17-22(18-9-3-1-4-10-18)23-15-20-13-7-8-14-21(20)16-25(23)27/h1-17,24H. The number of hydrogen-bond acceptors (Lipinski definition) is 1. The minimum atomic E-state index is -1.13. The minimum absolute atomic E-state index is 0.143. The highest BCUT2D eigenvalue weighted by Crippen LogP contribution is 2.42. The largest absolute Gasteiger partial charge is 0.253 e. The van der Waals surface area contributed by atoms with E-state index in [1.165, 1.54) is 5.39 Å². The zero-order valence-corrected chi connectivity index (χ0v) is 15.5. The van der Waals surface area contributed by atoms with Crippen LogP contribution in [0.4, 0.5) is 0 Å². The highest BCUT2D eigenvalue weighted by atomic mass is 32.2. The van der Waals surface area contributed by atoms with Gasteiger partial charge in [0.15, 0.2) is 0 Å². The first-order chi connectivity index (χ1) is 13.3. The first-order valence-electron chi connectivity index (χ1n) is 9.07. The Hall–Kier alpha value is -2.97. The van der Waals surface area contributed by atoms with Gasteiger partial charge >= 0.3 is 0 Å². The Balaban J connectivity index is 1.79. The van der Waals surface area contributed by atoms with Crippen LogP contribution in [-0.4, -0.2) is 4.21 Å². The maximum Gasteiger partial charge on any atom is 0.0833 e. The van der Waals surface area contributed by atoms with E-state index in [0.29, 0.717) is 0 Å². The van der Waals surface area contributed by atoms with E-state index in [9.17, 15) is 4.21 Å². The van der Waals surface area contributed by atoms with E-state index in [1.54, 1.807) is 0 Å². The van der Waals surface area contributed by atoms with Crippen LogP contribution in [-0.2, 0) is 10.8 Å². The number of hydrogen-bond donors (Lipinski definition) is 0. The molecular weight excluding hydrogens is 348 g/mol. The maximum absolute atomic E-state index is 13.5. The summed E-state index contributed by atoms with van der Waals surface area (Å²) < 4.78 is 13.5. The van der Waals surface area contributed by atoms with Gasteiger partial charge in [0.2, 0.25) is 0 Å². The summed E-state index contributed by atoms with van der Waals surface area (Å²) in [6.07, 6.45) is 2.18. The summed E-state index contributed by atoms with van der Waals surface area (Å²) in [5.41, 5.74) is 4.48. The van der Waals surface area contributed by atoms with Gasteiger partial charge in [-0.05, 0) is 45.2 Å². The molecule has 4 aromatic carbocycles. The normalized spacial score (nSPS) is 18.7. The zero-order chi connectivity index (χ0) is 18.2. The Kier molecular flexibility index (Phi) is 3.99. The molecule has 1 nitrogen and oxygen atoms in total. The van der Waals surface area contributed by atoms with Crippen molar-refractivity contribution in [1.29, 1.82) is 0 Å². The third-order valence-corrected chi connectivity index (χ3v) is 6.76. The number of fused-ring (bicyclic) bond motifs is 2. The monoisotopic (exact) mass is 366 g/mol. The summed E-state index contributed by atoms with van der Waals surface area (Å²) in [6.45, 7) is 0. The summed E-state index contributed by atoms with van der Waals surface area (Å²) >= 11 is 0. The topological polar surface area (TPSA) is 17.1 Å². The molecule has 0 bridgehead atoms. The van der Waals surface area contributed by atoms with Crippen molar-refractivity contribution in [2.75, 3.05) is 0 Å². The summed E-state index contributed by atoms with van der Waals surface area (Å²) in [6, 6.07) is 33.1.